The SMILES string of the molecule is C=CCn1c(=NC(=O)c2ccc(S(=O)(=O)N3CCCc4ccccc43)cc2)sc2cc(F)ccc21. The van der Waals surface area contributed by atoms with Gasteiger partial charge in [-0.25, -0.2) is 12.8 Å². The van der Waals surface area contributed by atoms with Crippen LogP contribution in [0.25, 0.3) is 10.2 Å². The van der Waals surface area contributed by atoms with E-state index in [0.29, 0.717) is 28.3 Å². The van der Waals surface area contributed by atoms with Crippen LogP contribution in [0.1, 0.15) is 22.3 Å². The largest absolute Gasteiger partial charge is 0.312 e. The van der Waals surface area contributed by atoms with E-state index in [1.54, 1.807) is 16.7 Å². The molecule has 1 amide bonds. The van der Waals surface area contributed by atoms with E-state index in [9.17, 15) is 17.6 Å². The Labute approximate surface area is 206 Å². The van der Waals surface area contributed by atoms with Crippen molar-refractivity contribution in [3.8, 4) is 0 Å². The van der Waals surface area contributed by atoms with Gasteiger partial charge in [0.25, 0.3) is 15.9 Å². The molecule has 3 aromatic carbocycles. The number of anilines is 1. The molecular weight excluding hydrogens is 485 g/mol. The molecule has 0 aliphatic carbocycles. The molecule has 4 aromatic rings. The molecule has 9 heteroatoms. The Hall–Kier alpha value is -3.56. The molecule has 0 unspecified atom stereocenters. The predicted octanol–water partition coefficient (Wildman–Crippen LogP) is 4.91. The molecule has 2 heterocycles. The number of carbonyl (C=O) groups is 1. The normalized spacial score (nSPS) is 14.2. The summed E-state index contributed by atoms with van der Waals surface area (Å²) in [5.41, 5.74) is 2.72. The van der Waals surface area contributed by atoms with E-state index >= 15 is 0 Å². The minimum absolute atomic E-state index is 0.116. The van der Waals surface area contributed by atoms with Gasteiger partial charge in [0, 0.05) is 18.7 Å². The van der Waals surface area contributed by atoms with Crippen LogP contribution in [0.5, 0.6) is 0 Å². The van der Waals surface area contributed by atoms with Crippen molar-refractivity contribution in [1.29, 1.82) is 0 Å². The summed E-state index contributed by atoms with van der Waals surface area (Å²) >= 11 is 1.21. The van der Waals surface area contributed by atoms with E-state index in [-0.39, 0.29) is 16.3 Å². The summed E-state index contributed by atoms with van der Waals surface area (Å²) in [5.74, 6) is -0.877. The van der Waals surface area contributed by atoms with Crippen LogP contribution < -0.4 is 9.11 Å². The van der Waals surface area contributed by atoms with Gasteiger partial charge in [0.2, 0.25) is 0 Å². The molecule has 1 aromatic heterocycles. The Kier molecular flexibility index (Phi) is 6.12. The molecule has 1 aliphatic heterocycles. The van der Waals surface area contributed by atoms with Gasteiger partial charge >= 0.3 is 0 Å². The molecule has 5 rings (SSSR count). The average Bonchev–Trinajstić information content (AvgIpc) is 3.19. The number of fused-ring (bicyclic) bond motifs is 2. The molecule has 0 radical (unpaired) electrons. The second kappa shape index (κ2) is 9.24. The van der Waals surface area contributed by atoms with Gasteiger partial charge in [-0.3, -0.25) is 9.10 Å². The summed E-state index contributed by atoms with van der Waals surface area (Å²) in [4.78, 5) is 17.7. The first kappa shape index (κ1) is 23.2. The molecule has 0 saturated carbocycles. The Morgan fingerprint density at radius 3 is 2.66 bits per heavy atom. The minimum atomic E-state index is -3.77. The molecule has 0 spiro atoms. The van der Waals surface area contributed by atoms with Gasteiger partial charge in [-0.2, -0.15) is 4.99 Å². The van der Waals surface area contributed by atoms with E-state index in [4.69, 9.17) is 0 Å². The number of sulfonamides is 1. The van der Waals surface area contributed by atoms with E-state index in [1.165, 1.54) is 52.0 Å². The summed E-state index contributed by atoms with van der Waals surface area (Å²) in [5, 5.41) is 0. The van der Waals surface area contributed by atoms with E-state index in [2.05, 4.69) is 11.6 Å². The van der Waals surface area contributed by atoms with Gasteiger partial charge < -0.3 is 4.57 Å². The van der Waals surface area contributed by atoms with Crippen LogP contribution in [0, 0.1) is 5.82 Å². The lowest BCUT2D eigenvalue weighted by Gasteiger charge is -2.30. The zero-order chi connectivity index (χ0) is 24.6. The van der Waals surface area contributed by atoms with Crippen molar-refractivity contribution in [2.45, 2.75) is 24.3 Å². The molecule has 0 saturated heterocycles. The number of nitrogens with zero attached hydrogens (tertiary/aromatic N) is 3. The highest BCUT2D eigenvalue weighted by Crippen LogP contribution is 2.31. The van der Waals surface area contributed by atoms with Crippen molar-refractivity contribution < 1.29 is 17.6 Å². The fourth-order valence-corrected chi connectivity index (χ4v) is 6.84. The van der Waals surface area contributed by atoms with Gasteiger partial charge in [-0.1, -0.05) is 35.6 Å². The number of carbonyl (C=O) groups excluding carboxylic acids is 1. The highest BCUT2D eigenvalue weighted by molar-refractivity contribution is 7.92. The maximum atomic E-state index is 13.7. The fourth-order valence-electron chi connectivity index (χ4n) is 4.23. The first-order valence-corrected chi connectivity index (χ1v) is 13.3. The van der Waals surface area contributed by atoms with Crippen molar-refractivity contribution in [2.75, 3.05) is 10.8 Å². The molecule has 1 aliphatic rings. The highest BCUT2D eigenvalue weighted by Gasteiger charge is 2.29. The highest BCUT2D eigenvalue weighted by atomic mass is 32.2. The number of rotatable bonds is 5. The van der Waals surface area contributed by atoms with Crippen molar-refractivity contribution >= 4 is 43.2 Å². The van der Waals surface area contributed by atoms with Crippen LogP contribution in [0.4, 0.5) is 10.1 Å². The van der Waals surface area contributed by atoms with Gasteiger partial charge in [-0.05, 0) is 66.9 Å². The summed E-state index contributed by atoms with van der Waals surface area (Å²) in [6, 6.07) is 17.7. The van der Waals surface area contributed by atoms with Gasteiger partial charge in [-0.15, -0.1) is 6.58 Å². The van der Waals surface area contributed by atoms with Crippen LogP contribution in [-0.4, -0.2) is 25.4 Å². The van der Waals surface area contributed by atoms with E-state index in [1.807, 2.05) is 24.3 Å². The number of allylic oxidation sites excluding steroid dienone is 1. The van der Waals surface area contributed by atoms with Crippen molar-refractivity contribution in [1.82, 2.24) is 4.57 Å². The van der Waals surface area contributed by atoms with Crippen LogP contribution in [0.2, 0.25) is 0 Å². The maximum Gasteiger partial charge on any atom is 0.279 e. The Morgan fingerprint density at radius 1 is 1.11 bits per heavy atom. The van der Waals surface area contributed by atoms with E-state index < -0.39 is 15.9 Å². The van der Waals surface area contributed by atoms with E-state index in [0.717, 1.165) is 23.9 Å². The first-order valence-electron chi connectivity index (χ1n) is 11.1. The van der Waals surface area contributed by atoms with Crippen molar-refractivity contribution in [2.24, 2.45) is 4.99 Å². The van der Waals surface area contributed by atoms with Gasteiger partial charge in [0.15, 0.2) is 4.80 Å². The monoisotopic (exact) mass is 507 g/mol. The number of hydrogen-bond acceptors (Lipinski definition) is 4. The Balaban J connectivity index is 1.47. The number of aryl methyl sites for hydroxylation is 1. The quantitative estimate of drug-likeness (QED) is 0.361. The first-order chi connectivity index (χ1) is 16.9. The lowest BCUT2D eigenvalue weighted by atomic mass is 10.0. The third kappa shape index (κ3) is 4.33. The molecule has 0 atom stereocenters. The van der Waals surface area contributed by atoms with Crippen LogP contribution in [0.15, 0.2) is 89.3 Å². The number of para-hydroxylation sites is 1. The number of hydrogen-bond donors (Lipinski definition) is 0. The number of halogens is 1. The summed E-state index contributed by atoms with van der Waals surface area (Å²) in [6.45, 7) is 4.56. The third-order valence-corrected chi connectivity index (χ3v) is 8.78. The second-order valence-electron chi connectivity index (χ2n) is 8.15. The van der Waals surface area contributed by atoms with Crippen molar-refractivity contribution in [3.63, 3.8) is 0 Å². The zero-order valence-electron chi connectivity index (χ0n) is 18.7. The second-order valence-corrected chi connectivity index (χ2v) is 11.0. The standard InChI is InChI=1S/C26H22FN3O3S2/c1-2-15-29-23-14-11-20(27)17-24(23)34-26(29)28-25(31)19-9-12-21(13-10-19)35(32,33)30-16-5-7-18-6-3-4-8-22(18)30/h2-4,6,8-14,17H,1,5,7,15-16H2. The molecule has 178 valence electrons. The molecule has 35 heavy (non-hydrogen) atoms. The molecule has 0 bridgehead atoms. The molecule has 0 N–H and O–H groups in total. The van der Waals surface area contributed by atoms with Crippen LogP contribution in [0.3, 0.4) is 0 Å². The van der Waals surface area contributed by atoms with Gasteiger partial charge in [0.1, 0.15) is 5.82 Å². The number of amides is 1. The Bertz CT molecular complexity index is 1620. The Morgan fingerprint density at radius 2 is 1.89 bits per heavy atom. The minimum Gasteiger partial charge on any atom is -0.312 e. The summed E-state index contributed by atoms with van der Waals surface area (Å²) in [7, 11) is -3.77. The van der Waals surface area contributed by atoms with Gasteiger partial charge in [0.05, 0.1) is 20.8 Å². The number of thiazole rings is 1. The zero-order valence-corrected chi connectivity index (χ0v) is 20.4. The lowest BCUT2D eigenvalue weighted by molar-refractivity contribution is 0.0998. The topological polar surface area (TPSA) is 71.7 Å². The average molecular weight is 508 g/mol. The molecule has 6 nitrogen and oxygen atoms in total. The van der Waals surface area contributed by atoms with Crippen molar-refractivity contribution in [3.05, 3.63) is 101 Å². The fraction of sp³-hybridized carbons (Fsp3) is 0.154. The van der Waals surface area contributed by atoms with Crippen LogP contribution >= 0.6 is 11.3 Å². The van der Waals surface area contributed by atoms with Crippen LogP contribution in [-0.2, 0) is 23.0 Å². The number of aromatic nitrogens is 1. The molecule has 0 fully saturated rings. The predicted molar refractivity (Wildman–Crippen MR) is 136 cm³/mol. The summed E-state index contributed by atoms with van der Waals surface area (Å²) < 4.78 is 44.2. The smallest absolute Gasteiger partial charge is 0.279 e. The maximum absolute atomic E-state index is 13.7. The third-order valence-electron chi connectivity index (χ3n) is 5.91. The summed E-state index contributed by atoms with van der Waals surface area (Å²) in [6.07, 6.45) is 3.26. The molecular formula is C26H22FN3O3S2. The lowest BCUT2D eigenvalue weighted by Crippen LogP contribution is -2.35. The number of benzene rings is 3.